The van der Waals surface area contributed by atoms with Gasteiger partial charge in [0.1, 0.15) is 0 Å². The van der Waals surface area contributed by atoms with Crippen LogP contribution in [0.1, 0.15) is 79.6 Å². The molecule has 1 aliphatic rings. The van der Waals surface area contributed by atoms with Gasteiger partial charge in [-0.2, -0.15) is 0 Å². The maximum absolute atomic E-state index is 12.6. The van der Waals surface area contributed by atoms with Crippen LogP contribution in [0.2, 0.25) is 0 Å². The fraction of sp³-hybridized carbons (Fsp3) is 0.941. The minimum Gasteiger partial charge on any atom is -0.323 e. The number of carbonyl (C=O) groups excluding carboxylic acids is 1. The van der Waals surface area contributed by atoms with Crippen LogP contribution in [-0.4, -0.2) is 29.1 Å². The average Bonchev–Trinajstić information content (AvgIpc) is 2.70. The zero-order valence-electron chi connectivity index (χ0n) is 14.1. The first kappa shape index (κ1) is 17.5. The Labute approximate surface area is 125 Å². The highest BCUT2D eigenvalue weighted by atomic mass is 16.2. The minimum atomic E-state index is 0.0399. The summed E-state index contributed by atoms with van der Waals surface area (Å²) in [6.07, 6.45) is 8.45. The molecule has 3 unspecified atom stereocenters. The van der Waals surface area contributed by atoms with Crippen molar-refractivity contribution in [3.8, 4) is 0 Å². The number of carbonyl (C=O) groups is 1. The molecule has 118 valence electrons. The van der Waals surface area contributed by atoms with E-state index in [1.165, 1.54) is 25.7 Å². The molecule has 1 rings (SSSR count). The van der Waals surface area contributed by atoms with Crippen molar-refractivity contribution in [1.82, 2.24) is 10.2 Å². The maximum Gasteiger partial charge on any atom is 0.241 e. The van der Waals surface area contributed by atoms with Gasteiger partial charge in [0, 0.05) is 6.04 Å². The maximum atomic E-state index is 12.6. The molecule has 0 bridgehead atoms. The zero-order chi connectivity index (χ0) is 15.1. The molecule has 0 aliphatic carbocycles. The van der Waals surface area contributed by atoms with Gasteiger partial charge in [0.2, 0.25) is 5.91 Å². The Morgan fingerprint density at radius 2 is 1.85 bits per heavy atom. The number of hydrogen-bond donors (Lipinski definition) is 1. The number of hydrogen-bond acceptors (Lipinski definition) is 2. The summed E-state index contributed by atoms with van der Waals surface area (Å²) in [7, 11) is 0. The summed E-state index contributed by atoms with van der Waals surface area (Å²) in [6, 6.07) is 0.409. The van der Waals surface area contributed by atoms with Gasteiger partial charge in [0.05, 0.1) is 12.2 Å². The number of rotatable bonds is 9. The minimum absolute atomic E-state index is 0.0399. The Morgan fingerprint density at radius 3 is 2.40 bits per heavy atom. The molecule has 0 aromatic rings. The molecule has 0 spiro atoms. The van der Waals surface area contributed by atoms with Crippen molar-refractivity contribution in [2.45, 2.75) is 97.8 Å². The Bertz CT molecular complexity index is 291. The summed E-state index contributed by atoms with van der Waals surface area (Å²) in [4.78, 5) is 14.7. The second kappa shape index (κ2) is 8.66. The van der Waals surface area contributed by atoms with E-state index in [0.29, 0.717) is 17.9 Å². The van der Waals surface area contributed by atoms with Gasteiger partial charge in [-0.3, -0.25) is 10.1 Å². The van der Waals surface area contributed by atoms with Crippen molar-refractivity contribution >= 4 is 5.91 Å². The topological polar surface area (TPSA) is 32.3 Å². The molecule has 3 atom stereocenters. The zero-order valence-corrected chi connectivity index (χ0v) is 14.1. The predicted octanol–water partition coefficient (Wildman–Crippen LogP) is 3.93. The summed E-state index contributed by atoms with van der Waals surface area (Å²) in [5.74, 6) is 0.891. The van der Waals surface area contributed by atoms with Crippen LogP contribution in [-0.2, 0) is 4.79 Å². The molecular weight excluding hydrogens is 248 g/mol. The summed E-state index contributed by atoms with van der Waals surface area (Å²) >= 11 is 0. The van der Waals surface area contributed by atoms with Crippen LogP contribution in [0, 0.1) is 5.92 Å². The smallest absolute Gasteiger partial charge is 0.241 e. The Morgan fingerprint density at radius 1 is 1.15 bits per heavy atom. The Hall–Kier alpha value is -0.570. The van der Waals surface area contributed by atoms with Crippen LogP contribution in [0.5, 0.6) is 0 Å². The molecule has 1 saturated heterocycles. The van der Waals surface area contributed by atoms with E-state index in [4.69, 9.17) is 0 Å². The molecular formula is C17H34N2O. The second-order valence-corrected chi connectivity index (χ2v) is 6.72. The van der Waals surface area contributed by atoms with Crippen LogP contribution in [0.15, 0.2) is 0 Å². The van der Waals surface area contributed by atoms with E-state index < -0.39 is 0 Å². The van der Waals surface area contributed by atoms with Crippen LogP contribution >= 0.6 is 0 Å². The van der Waals surface area contributed by atoms with Gasteiger partial charge in [-0.1, -0.05) is 53.4 Å². The van der Waals surface area contributed by atoms with Crippen LogP contribution < -0.4 is 5.32 Å². The Balaban J connectivity index is 2.54. The van der Waals surface area contributed by atoms with Crippen molar-refractivity contribution in [3.63, 3.8) is 0 Å². The normalized spacial score (nSPS) is 24.7. The summed E-state index contributed by atoms with van der Waals surface area (Å²) in [6.45, 7) is 11.0. The van der Waals surface area contributed by atoms with Crippen molar-refractivity contribution < 1.29 is 4.79 Å². The fourth-order valence-electron chi connectivity index (χ4n) is 3.20. The number of nitrogens with one attached hydrogen (secondary N) is 1. The molecule has 0 aromatic heterocycles. The van der Waals surface area contributed by atoms with Crippen molar-refractivity contribution in [2.24, 2.45) is 5.92 Å². The number of amides is 1. The fourth-order valence-corrected chi connectivity index (χ4v) is 3.20. The van der Waals surface area contributed by atoms with E-state index in [9.17, 15) is 4.79 Å². The predicted molar refractivity (Wildman–Crippen MR) is 85.5 cm³/mol. The van der Waals surface area contributed by atoms with E-state index >= 15 is 0 Å². The largest absolute Gasteiger partial charge is 0.323 e. The van der Waals surface area contributed by atoms with E-state index in [-0.39, 0.29) is 12.2 Å². The third kappa shape index (κ3) is 4.76. The lowest BCUT2D eigenvalue weighted by Gasteiger charge is -2.30. The monoisotopic (exact) mass is 282 g/mol. The lowest BCUT2D eigenvalue weighted by atomic mass is 10.0. The van der Waals surface area contributed by atoms with Gasteiger partial charge in [-0.15, -0.1) is 0 Å². The van der Waals surface area contributed by atoms with Crippen molar-refractivity contribution in [3.05, 3.63) is 0 Å². The molecule has 1 amide bonds. The van der Waals surface area contributed by atoms with E-state index in [0.717, 1.165) is 19.3 Å². The first-order valence-corrected chi connectivity index (χ1v) is 8.59. The first-order valence-electron chi connectivity index (χ1n) is 8.59. The lowest BCUT2D eigenvalue weighted by Crippen LogP contribution is -2.42. The van der Waals surface area contributed by atoms with Gasteiger partial charge in [-0.25, -0.2) is 0 Å². The number of nitrogens with zero attached hydrogens (tertiary/aromatic N) is 1. The standard InChI is InChI=1S/C17H34N2O/c1-6-8-9-10-11-14(5)19-16(7-2)18-15(17(19)20)12-13(3)4/h13-16,18H,6-12H2,1-5H3. The molecule has 1 fully saturated rings. The SMILES string of the molecule is CCCCCCC(C)N1C(=O)C(CC(C)C)NC1CC. The van der Waals surface area contributed by atoms with E-state index in [1.54, 1.807) is 0 Å². The molecule has 1 heterocycles. The highest BCUT2D eigenvalue weighted by molar-refractivity contribution is 5.84. The summed E-state index contributed by atoms with van der Waals surface area (Å²) < 4.78 is 0. The Kier molecular flexibility index (Phi) is 7.57. The third-order valence-electron chi connectivity index (χ3n) is 4.33. The highest BCUT2D eigenvalue weighted by Gasteiger charge is 2.39. The molecule has 3 nitrogen and oxygen atoms in total. The van der Waals surface area contributed by atoms with E-state index in [1.807, 2.05) is 0 Å². The molecule has 0 aromatic carbocycles. The molecule has 0 radical (unpaired) electrons. The van der Waals surface area contributed by atoms with Gasteiger partial charge >= 0.3 is 0 Å². The molecule has 3 heteroatoms. The first-order chi connectivity index (χ1) is 9.51. The van der Waals surface area contributed by atoms with Gasteiger partial charge in [-0.05, 0) is 32.1 Å². The quantitative estimate of drug-likeness (QED) is 0.650. The van der Waals surface area contributed by atoms with Crippen LogP contribution in [0.3, 0.4) is 0 Å². The van der Waals surface area contributed by atoms with Crippen LogP contribution in [0.4, 0.5) is 0 Å². The molecule has 1 N–H and O–H groups in total. The van der Waals surface area contributed by atoms with E-state index in [2.05, 4.69) is 44.8 Å². The van der Waals surface area contributed by atoms with Gasteiger partial charge in [0.25, 0.3) is 0 Å². The highest BCUT2D eigenvalue weighted by Crippen LogP contribution is 2.23. The third-order valence-corrected chi connectivity index (χ3v) is 4.33. The average molecular weight is 282 g/mol. The second-order valence-electron chi connectivity index (χ2n) is 6.72. The molecule has 1 aliphatic heterocycles. The lowest BCUT2D eigenvalue weighted by molar-refractivity contribution is -0.132. The van der Waals surface area contributed by atoms with Crippen molar-refractivity contribution in [1.29, 1.82) is 0 Å². The van der Waals surface area contributed by atoms with Crippen molar-refractivity contribution in [2.75, 3.05) is 0 Å². The van der Waals surface area contributed by atoms with Crippen LogP contribution in [0.25, 0.3) is 0 Å². The number of unbranched alkanes of at least 4 members (excludes halogenated alkanes) is 3. The summed E-state index contributed by atoms with van der Waals surface area (Å²) in [5.41, 5.74) is 0. The molecule has 0 saturated carbocycles. The molecule has 20 heavy (non-hydrogen) atoms. The summed E-state index contributed by atoms with van der Waals surface area (Å²) in [5, 5.41) is 3.53. The van der Waals surface area contributed by atoms with Gasteiger partial charge < -0.3 is 4.90 Å². The van der Waals surface area contributed by atoms with Gasteiger partial charge in [0.15, 0.2) is 0 Å².